The van der Waals surface area contributed by atoms with Crippen molar-refractivity contribution < 1.29 is 9.34 Å². The second kappa shape index (κ2) is 6.85. The molecule has 0 bridgehead atoms. The van der Waals surface area contributed by atoms with E-state index in [2.05, 4.69) is 16.0 Å². The number of aryl methyl sites for hydroxylation is 1. The van der Waals surface area contributed by atoms with E-state index in [4.69, 9.17) is 4.42 Å². The molecule has 1 N–H and O–H groups in total. The largest absolute Gasteiger partial charge is 0.457 e. The van der Waals surface area contributed by atoms with E-state index in [0.29, 0.717) is 28.5 Å². The Kier molecular flexibility index (Phi) is 4.22. The van der Waals surface area contributed by atoms with Gasteiger partial charge in [0.25, 0.3) is 5.69 Å². The van der Waals surface area contributed by atoms with Gasteiger partial charge >= 0.3 is 0 Å². The number of nitro benzene ring substituents is 1. The van der Waals surface area contributed by atoms with Crippen LogP contribution in [-0.2, 0) is 0 Å². The van der Waals surface area contributed by atoms with Crippen molar-refractivity contribution >= 4 is 28.4 Å². The van der Waals surface area contributed by atoms with Gasteiger partial charge in [0.1, 0.15) is 23.4 Å². The maximum absolute atomic E-state index is 10.9. The van der Waals surface area contributed by atoms with Crippen LogP contribution in [0.15, 0.2) is 59.0 Å². The standard InChI is InChI=1S/C21H14N4O3/c1-13-5-7-18-19(9-13)24-21(23-18)15(12-22)11-17-6-8-20(28-17)14-3-2-4-16(10-14)25(26)27/h2-11H,1H3,(H,23,24)/b15-11+. The number of nitro groups is 1. The number of aromatic amines is 1. The molecule has 2 heterocycles. The summed E-state index contributed by atoms with van der Waals surface area (Å²) in [6, 6.07) is 17.6. The van der Waals surface area contributed by atoms with Gasteiger partial charge in [-0.2, -0.15) is 5.26 Å². The second-order valence-corrected chi connectivity index (χ2v) is 6.29. The van der Waals surface area contributed by atoms with Crippen LogP contribution in [0.3, 0.4) is 0 Å². The van der Waals surface area contributed by atoms with Crippen molar-refractivity contribution in [2.75, 3.05) is 0 Å². The number of imidazole rings is 1. The zero-order valence-corrected chi connectivity index (χ0v) is 14.8. The molecule has 2 aromatic carbocycles. The predicted molar refractivity (Wildman–Crippen MR) is 105 cm³/mol. The average Bonchev–Trinajstić information content (AvgIpc) is 3.32. The number of aromatic nitrogens is 2. The van der Waals surface area contributed by atoms with Crippen LogP contribution in [0.1, 0.15) is 17.1 Å². The van der Waals surface area contributed by atoms with Crippen LogP contribution in [0.25, 0.3) is 34.0 Å². The monoisotopic (exact) mass is 370 g/mol. The number of hydrogen-bond donors (Lipinski definition) is 1. The van der Waals surface area contributed by atoms with E-state index in [1.54, 1.807) is 30.3 Å². The molecular weight excluding hydrogens is 356 g/mol. The first-order chi connectivity index (χ1) is 13.5. The Balaban J connectivity index is 1.68. The molecule has 0 fully saturated rings. The topological polar surface area (TPSA) is 109 Å². The summed E-state index contributed by atoms with van der Waals surface area (Å²) < 4.78 is 5.76. The maximum Gasteiger partial charge on any atom is 0.270 e. The molecule has 0 aliphatic heterocycles. The molecule has 0 atom stereocenters. The highest BCUT2D eigenvalue weighted by Crippen LogP contribution is 2.27. The summed E-state index contributed by atoms with van der Waals surface area (Å²) in [7, 11) is 0. The molecule has 4 rings (SSSR count). The van der Waals surface area contributed by atoms with Gasteiger partial charge in [-0.3, -0.25) is 10.1 Å². The van der Waals surface area contributed by atoms with Crippen LogP contribution in [0.5, 0.6) is 0 Å². The first-order valence-corrected chi connectivity index (χ1v) is 8.47. The number of benzene rings is 2. The number of hydrogen-bond acceptors (Lipinski definition) is 5. The van der Waals surface area contributed by atoms with Crippen molar-refractivity contribution in [3.05, 3.63) is 81.9 Å². The van der Waals surface area contributed by atoms with Crippen molar-refractivity contribution in [3.8, 4) is 17.4 Å². The van der Waals surface area contributed by atoms with Crippen LogP contribution in [0.4, 0.5) is 5.69 Å². The highest BCUT2D eigenvalue weighted by Gasteiger charge is 2.12. The maximum atomic E-state index is 10.9. The fraction of sp³-hybridized carbons (Fsp3) is 0.0476. The minimum Gasteiger partial charge on any atom is -0.457 e. The number of nitrogens with zero attached hydrogens (tertiary/aromatic N) is 3. The third kappa shape index (κ3) is 3.27. The van der Waals surface area contributed by atoms with Gasteiger partial charge in [-0.25, -0.2) is 4.98 Å². The minimum absolute atomic E-state index is 0.0127. The lowest BCUT2D eigenvalue weighted by Gasteiger charge is -1.97. The van der Waals surface area contributed by atoms with Crippen molar-refractivity contribution in [1.82, 2.24) is 9.97 Å². The van der Waals surface area contributed by atoms with E-state index in [1.165, 1.54) is 12.1 Å². The van der Waals surface area contributed by atoms with Crippen molar-refractivity contribution in [2.45, 2.75) is 6.92 Å². The molecule has 0 unspecified atom stereocenters. The number of fused-ring (bicyclic) bond motifs is 1. The molecular formula is C21H14N4O3. The molecule has 0 saturated carbocycles. The quantitative estimate of drug-likeness (QED) is 0.305. The van der Waals surface area contributed by atoms with Crippen molar-refractivity contribution in [1.29, 1.82) is 5.26 Å². The highest BCUT2D eigenvalue weighted by molar-refractivity contribution is 5.89. The molecule has 0 aliphatic carbocycles. The van der Waals surface area contributed by atoms with Crippen LogP contribution >= 0.6 is 0 Å². The number of furan rings is 1. The van der Waals surface area contributed by atoms with Gasteiger partial charge in [0.2, 0.25) is 0 Å². The molecule has 0 radical (unpaired) electrons. The predicted octanol–water partition coefficient (Wildman–Crippen LogP) is 5.10. The van der Waals surface area contributed by atoms with E-state index in [0.717, 1.165) is 16.6 Å². The number of rotatable bonds is 4. The Bertz CT molecular complexity index is 1270. The molecule has 0 amide bonds. The lowest BCUT2D eigenvalue weighted by Crippen LogP contribution is -1.87. The van der Waals surface area contributed by atoms with Gasteiger partial charge < -0.3 is 9.40 Å². The zero-order valence-electron chi connectivity index (χ0n) is 14.8. The summed E-state index contributed by atoms with van der Waals surface area (Å²) >= 11 is 0. The van der Waals surface area contributed by atoms with E-state index >= 15 is 0 Å². The third-order valence-electron chi connectivity index (χ3n) is 4.27. The minimum atomic E-state index is -0.454. The highest BCUT2D eigenvalue weighted by atomic mass is 16.6. The van der Waals surface area contributed by atoms with Crippen LogP contribution in [0.2, 0.25) is 0 Å². The zero-order chi connectivity index (χ0) is 19.7. The number of allylic oxidation sites excluding steroid dienone is 1. The van der Waals surface area contributed by atoms with Crippen LogP contribution < -0.4 is 0 Å². The SMILES string of the molecule is Cc1ccc2nc(/C(C#N)=C/c3ccc(-c4cccc([N+](=O)[O-])c4)o3)[nH]c2c1. The third-order valence-corrected chi connectivity index (χ3v) is 4.27. The number of nitriles is 1. The van der Waals surface area contributed by atoms with Crippen LogP contribution in [-0.4, -0.2) is 14.9 Å². The Labute approximate surface area is 159 Å². The molecule has 28 heavy (non-hydrogen) atoms. The van der Waals surface area contributed by atoms with Gasteiger partial charge in [0, 0.05) is 23.8 Å². The van der Waals surface area contributed by atoms with Gasteiger partial charge in [-0.05, 0) is 36.8 Å². The molecule has 7 nitrogen and oxygen atoms in total. The normalized spacial score (nSPS) is 11.5. The fourth-order valence-corrected chi connectivity index (χ4v) is 2.91. The lowest BCUT2D eigenvalue weighted by atomic mass is 10.1. The van der Waals surface area contributed by atoms with Gasteiger partial charge in [0.15, 0.2) is 0 Å². The summed E-state index contributed by atoms with van der Waals surface area (Å²) in [6.07, 6.45) is 1.59. The number of H-pyrrole nitrogens is 1. The van der Waals surface area contributed by atoms with E-state index in [1.807, 2.05) is 25.1 Å². The Hall–Kier alpha value is -4.18. The molecule has 4 aromatic rings. The molecule has 0 saturated heterocycles. The Morgan fingerprint density at radius 2 is 2.11 bits per heavy atom. The van der Waals surface area contributed by atoms with E-state index < -0.39 is 4.92 Å². The average molecular weight is 370 g/mol. The second-order valence-electron chi connectivity index (χ2n) is 6.29. The first kappa shape index (κ1) is 17.2. The summed E-state index contributed by atoms with van der Waals surface area (Å²) in [5.74, 6) is 1.39. The first-order valence-electron chi connectivity index (χ1n) is 8.47. The molecule has 7 heteroatoms. The lowest BCUT2D eigenvalue weighted by molar-refractivity contribution is -0.384. The summed E-state index contributed by atoms with van der Waals surface area (Å²) in [4.78, 5) is 18.1. The summed E-state index contributed by atoms with van der Waals surface area (Å²) in [6.45, 7) is 1.99. The van der Waals surface area contributed by atoms with Gasteiger partial charge in [0.05, 0.1) is 21.5 Å². The Morgan fingerprint density at radius 1 is 1.25 bits per heavy atom. The smallest absolute Gasteiger partial charge is 0.270 e. The Morgan fingerprint density at radius 3 is 2.89 bits per heavy atom. The number of nitrogens with one attached hydrogen (secondary N) is 1. The fourth-order valence-electron chi connectivity index (χ4n) is 2.91. The van der Waals surface area contributed by atoms with E-state index in [-0.39, 0.29) is 5.69 Å². The molecule has 0 aliphatic rings. The van der Waals surface area contributed by atoms with Gasteiger partial charge in [-0.1, -0.05) is 18.2 Å². The summed E-state index contributed by atoms with van der Waals surface area (Å²) in [5.41, 5.74) is 3.63. The van der Waals surface area contributed by atoms with Crippen molar-refractivity contribution in [2.24, 2.45) is 0 Å². The van der Waals surface area contributed by atoms with Crippen molar-refractivity contribution in [3.63, 3.8) is 0 Å². The molecule has 136 valence electrons. The van der Waals surface area contributed by atoms with Crippen LogP contribution in [0, 0.1) is 28.4 Å². The molecule has 0 spiro atoms. The number of non-ortho nitro benzene ring substituents is 1. The van der Waals surface area contributed by atoms with Gasteiger partial charge in [-0.15, -0.1) is 0 Å². The summed E-state index contributed by atoms with van der Waals surface area (Å²) in [5, 5.41) is 20.5. The van der Waals surface area contributed by atoms with E-state index in [9.17, 15) is 15.4 Å². The molecule has 2 aromatic heterocycles.